The first-order valence-electron chi connectivity index (χ1n) is 9.92. The summed E-state index contributed by atoms with van der Waals surface area (Å²) in [6.45, 7) is 5.34. The molecule has 0 bridgehead atoms. The lowest BCUT2D eigenvalue weighted by Crippen LogP contribution is -2.44. The Morgan fingerprint density at radius 3 is 2.67 bits per heavy atom. The van der Waals surface area contributed by atoms with Crippen molar-refractivity contribution in [2.75, 3.05) is 26.8 Å². The molecule has 1 amide bonds. The number of aryl methyl sites for hydroxylation is 2. The van der Waals surface area contributed by atoms with Crippen LogP contribution >= 0.6 is 0 Å². The van der Waals surface area contributed by atoms with E-state index in [1.54, 1.807) is 11.8 Å². The second-order valence-corrected chi connectivity index (χ2v) is 7.24. The quantitative estimate of drug-likeness (QED) is 0.647. The zero-order valence-corrected chi connectivity index (χ0v) is 17.4. The molecule has 8 heteroatoms. The van der Waals surface area contributed by atoms with E-state index in [-0.39, 0.29) is 18.6 Å². The molecule has 1 aromatic carbocycles. The van der Waals surface area contributed by atoms with E-state index in [0.717, 1.165) is 28.5 Å². The lowest BCUT2D eigenvalue weighted by molar-refractivity contribution is -0.140. The van der Waals surface area contributed by atoms with Crippen molar-refractivity contribution in [2.45, 2.75) is 26.5 Å². The summed E-state index contributed by atoms with van der Waals surface area (Å²) in [6, 6.07) is 13.6. The molecule has 1 aliphatic heterocycles. The van der Waals surface area contributed by atoms with Crippen molar-refractivity contribution in [3.05, 3.63) is 59.8 Å². The summed E-state index contributed by atoms with van der Waals surface area (Å²) in [5.74, 6) is 2.21. The van der Waals surface area contributed by atoms with Crippen LogP contribution in [0.5, 0.6) is 5.75 Å². The van der Waals surface area contributed by atoms with Crippen molar-refractivity contribution in [3.63, 3.8) is 0 Å². The smallest absolute Gasteiger partial charge is 0.244 e. The van der Waals surface area contributed by atoms with Crippen LogP contribution in [0.4, 0.5) is 0 Å². The van der Waals surface area contributed by atoms with Crippen molar-refractivity contribution in [1.29, 1.82) is 0 Å². The molecule has 1 aliphatic rings. The number of benzene rings is 1. The predicted molar refractivity (Wildman–Crippen MR) is 111 cm³/mol. The van der Waals surface area contributed by atoms with Crippen LogP contribution in [0.15, 0.2) is 42.5 Å². The van der Waals surface area contributed by atoms with Gasteiger partial charge in [0, 0.05) is 12.1 Å². The topological polar surface area (TPSA) is 82.4 Å². The first kappa shape index (κ1) is 20.0. The normalized spacial score (nSPS) is 16.5. The van der Waals surface area contributed by atoms with Crippen LogP contribution in [0, 0.1) is 13.8 Å². The van der Waals surface area contributed by atoms with Crippen LogP contribution in [0.3, 0.4) is 0 Å². The van der Waals surface area contributed by atoms with Gasteiger partial charge < -0.3 is 14.4 Å². The summed E-state index contributed by atoms with van der Waals surface area (Å²) in [5.41, 5.74) is 2.67. The summed E-state index contributed by atoms with van der Waals surface area (Å²) < 4.78 is 12.8. The molecule has 156 valence electrons. The van der Waals surface area contributed by atoms with Crippen molar-refractivity contribution < 1.29 is 14.3 Å². The number of amides is 1. The van der Waals surface area contributed by atoms with Gasteiger partial charge in [0.2, 0.25) is 5.91 Å². The summed E-state index contributed by atoms with van der Waals surface area (Å²) in [4.78, 5) is 23.7. The number of pyridine rings is 1. The minimum Gasteiger partial charge on any atom is -0.497 e. The molecule has 1 atom stereocenters. The minimum absolute atomic E-state index is 0.00242. The van der Waals surface area contributed by atoms with Gasteiger partial charge in [-0.3, -0.25) is 4.79 Å². The van der Waals surface area contributed by atoms with Crippen LogP contribution < -0.4 is 4.74 Å². The highest BCUT2D eigenvalue weighted by Crippen LogP contribution is 2.25. The molecule has 2 aromatic heterocycles. The standard InChI is InChI=1S/C22H25N5O3/c1-15-23-16(2)27(25-15)14-22(28)26-11-12-30-21(13-26)20-6-4-5-19(24-20)17-7-9-18(29-3)10-8-17/h4-10,21H,11-14H2,1-3H3/t21-/m1/s1. The maximum Gasteiger partial charge on any atom is 0.244 e. The van der Waals surface area contributed by atoms with Gasteiger partial charge in [0.25, 0.3) is 0 Å². The highest BCUT2D eigenvalue weighted by atomic mass is 16.5. The molecular formula is C22H25N5O3. The van der Waals surface area contributed by atoms with E-state index in [9.17, 15) is 4.79 Å². The molecule has 0 radical (unpaired) electrons. The van der Waals surface area contributed by atoms with E-state index >= 15 is 0 Å². The second-order valence-electron chi connectivity index (χ2n) is 7.24. The lowest BCUT2D eigenvalue weighted by Gasteiger charge is -2.32. The summed E-state index contributed by atoms with van der Waals surface area (Å²) in [5, 5.41) is 4.29. The van der Waals surface area contributed by atoms with E-state index in [4.69, 9.17) is 14.5 Å². The van der Waals surface area contributed by atoms with E-state index in [1.165, 1.54) is 0 Å². The van der Waals surface area contributed by atoms with Crippen LogP contribution in [0.1, 0.15) is 23.4 Å². The Kier molecular flexibility index (Phi) is 5.76. The molecule has 0 aliphatic carbocycles. The van der Waals surface area contributed by atoms with Gasteiger partial charge in [-0.2, -0.15) is 5.10 Å². The third-order valence-electron chi connectivity index (χ3n) is 5.15. The second kappa shape index (κ2) is 8.62. The molecule has 0 N–H and O–H groups in total. The van der Waals surface area contributed by atoms with Crippen LogP contribution in [0.2, 0.25) is 0 Å². The Morgan fingerprint density at radius 2 is 1.97 bits per heavy atom. The molecule has 30 heavy (non-hydrogen) atoms. The van der Waals surface area contributed by atoms with Crippen molar-refractivity contribution >= 4 is 5.91 Å². The van der Waals surface area contributed by atoms with Gasteiger partial charge in [0.1, 0.15) is 30.0 Å². The summed E-state index contributed by atoms with van der Waals surface area (Å²) in [6.07, 6.45) is -0.264. The average Bonchev–Trinajstić information content (AvgIpc) is 3.10. The lowest BCUT2D eigenvalue weighted by atomic mass is 10.1. The zero-order valence-electron chi connectivity index (χ0n) is 17.4. The van der Waals surface area contributed by atoms with Crippen molar-refractivity contribution in [1.82, 2.24) is 24.6 Å². The van der Waals surface area contributed by atoms with E-state index < -0.39 is 0 Å². The fourth-order valence-electron chi connectivity index (χ4n) is 3.55. The van der Waals surface area contributed by atoms with E-state index in [2.05, 4.69) is 10.1 Å². The van der Waals surface area contributed by atoms with Gasteiger partial charge in [-0.25, -0.2) is 14.6 Å². The van der Waals surface area contributed by atoms with Crippen molar-refractivity contribution in [3.8, 4) is 17.0 Å². The first-order chi connectivity index (χ1) is 14.5. The molecule has 8 nitrogen and oxygen atoms in total. The number of carbonyl (C=O) groups excluding carboxylic acids is 1. The maximum atomic E-state index is 12.8. The van der Waals surface area contributed by atoms with Gasteiger partial charge in [0.05, 0.1) is 31.6 Å². The Bertz CT molecular complexity index is 1030. The molecule has 0 saturated carbocycles. The van der Waals surface area contributed by atoms with E-state index in [1.807, 2.05) is 61.2 Å². The highest BCUT2D eigenvalue weighted by Gasteiger charge is 2.27. The maximum absolute atomic E-state index is 12.8. The Hall–Kier alpha value is -3.26. The first-order valence-corrected chi connectivity index (χ1v) is 9.92. The number of aromatic nitrogens is 4. The number of morpholine rings is 1. The molecular weight excluding hydrogens is 382 g/mol. The minimum atomic E-state index is -0.264. The number of carbonyl (C=O) groups is 1. The molecule has 3 heterocycles. The zero-order chi connectivity index (χ0) is 21.1. The molecule has 1 saturated heterocycles. The monoisotopic (exact) mass is 407 g/mol. The highest BCUT2D eigenvalue weighted by molar-refractivity contribution is 5.76. The van der Waals surface area contributed by atoms with Gasteiger partial charge in [0.15, 0.2) is 0 Å². The molecule has 3 aromatic rings. The van der Waals surface area contributed by atoms with E-state index in [0.29, 0.717) is 25.5 Å². The fourth-order valence-corrected chi connectivity index (χ4v) is 3.55. The van der Waals surface area contributed by atoms with Gasteiger partial charge >= 0.3 is 0 Å². The molecule has 0 spiro atoms. The average molecular weight is 407 g/mol. The van der Waals surface area contributed by atoms with Crippen LogP contribution in [0.25, 0.3) is 11.3 Å². The number of ether oxygens (including phenoxy) is 2. The molecule has 0 unspecified atom stereocenters. The number of methoxy groups -OCH3 is 1. The SMILES string of the molecule is COc1ccc(-c2cccc([C@H]3CN(C(=O)Cn4nc(C)nc4C)CCO3)n2)cc1. The molecule has 1 fully saturated rings. The number of hydrogen-bond donors (Lipinski definition) is 0. The number of rotatable bonds is 5. The third kappa shape index (κ3) is 4.33. The van der Waals surface area contributed by atoms with Crippen molar-refractivity contribution in [2.24, 2.45) is 0 Å². The molecule has 4 rings (SSSR count). The van der Waals surface area contributed by atoms with Crippen LogP contribution in [-0.2, 0) is 16.1 Å². The fraction of sp³-hybridized carbons (Fsp3) is 0.364. The summed E-state index contributed by atoms with van der Waals surface area (Å²) >= 11 is 0. The number of nitrogens with zero attached hydrogens (tertiary/aromatic N) is 5. The third-order valence-corrected chi connectivity index (χ3v) is 5.15. The summed E-state index contributed by atoms with van der Waals surface area (Å²) in [7, 11) is 1.65. The number of hydrogen-bond acceptors (Lipinski definition) is 6. The Balaban J connectivity index is 1.47. The Morgan fingerprint density at radius 1 is 1.17 bits per heavy atom. The van der Waals surface area contributed by atoms with Crippen LogP contribution in [-0.4, -0.2) is 57.4 Å². The Labute approximate surface area is 175 Å². The largest absolute Gasteiger partial charge is 0.497 e. The van der Waals surface area contributed by atoms with Gasteiger partial charge in [-0.15, -0.1) is 0 Å². The van der Waals surface area contributed by atoms with Gasteiger partial charge in [-0.05, 0) is 50.2 Å². The van der Waals surface area contributed by atoms with Gasteiger partial charge in [-0.1, -0.05) is 6.07 Å². The predicted octanol–water partition coefficient (Wildman–Crippen LogP) is 2.57.